The molecule has 6 nitrogen and oxygen atoms in total. The second-order valence-electron chi connectivity index (χ2n) is 6.04. The highest BCUT2D eigenvalue weighted by Crippen LogP contribution is 2.30. The van der Waals surface area contributed by atoms with Gasteiger partial charge in [0, 0.05) is 38.9 Å². The highest BCUT2D eigenvalue weighted by atomic mass is 16.4. The molecule has 6 heteroatoms. The Morgan fingerprint density at radius 2 is 2.10 bits per heavy atom. The van der Waals surface area contributed by atoms with Crippen LogP contribution in [0.15, 0.2) is 17.4 Å². The lowest BCUT2D eigenvalue weighted by Crippen LogP contribution is -2.47. The van der Waals surface area contributed by atoms with Gasteiger partial charge in [0.15, 0.2) is 5.84 Å². The predicted octanol–water partition coefficient (Wildman–Crippen LogP) is 1.02. The number of aromatic nitrogens is 1. The van der Waals surface area contributed by atoms with Crippen LogP contribution in [0, 0.1) is 12.8 Å². The SMILES string of the molecule is Cc1ccnc(N2CCN(CC3CC3)CC2)c1/C(N)=N/O. The van der Waals surface area contributed by atoms with Crippen molar-refractivity contribution in [2.24, 2.45) is 16.8 Å². The Hall–Kier alpha value is -1.82. The summed E-state index contributed by atoms with van der Waals surface area (Å²) < 4.78 is 0. The first-order chi connectivity index (χ1) is 10.2. The van der Waals surface area contributed by atoms with Crippen molar-refractivity contribution in [2.45, 2.75) is 19.8 Å². The molecule has 3 rings (SSSR count). The smallest absolute Gasteiger partial charge is 0.174 e. The first-order valence-electron chi connectivity index (χ1n) is 7.60. The Morgan fingerprint density at radius 3 is 2.71 bits per heavy atom. The average molecular weight is 289 g/mol. The van der Waals surface area contributed by atoms with Crippen LogP contribution in [0.5, 0.6) is 0 Å². The third kappa shape index (κ3) is 3.10. The number of pyridine rings is 1. The van der Waals surface area contributed by atoms with Crippen molar-refractivity contribution in [3.05, 3.63) is 23.4 Å². The van der Waals surface area contributed by atoms with Crippen molar-refractivity contribution in [2.75, 3.05) is 37.6 Å². The second kappa shape index (κ2) is 5.89. The van der Waals surface area contributed by atoms with Crippen LogP contribution in [0.4, 0.5) is 5.82 Å². The largest absolute Gasteiger partial charge is 0.409 e. The van der Waals surface area contributed by atoms with Crippen molar-refractivity contribution in [1.29, 1.82) is 0 Å². The van der Waals surface area contributed by atoms with Crippen LogP contribution in [0.2, 0.25) is 0 Å². The van der Waals surface area contributed by atoms with Crippen molar-refractivity contribution in [1.82, 2.24) is 9.88 Å². The van der Waals surface area contributed by atoms with E-state index in [1.54, 1.807) is 6.20 Å². The lowest BCUT2D eigenvalue weighted by Gasteiger charge is -2.36. The van der Waals surface area contributed by atoms with Crippen LogP contribution < -0.4 is 10.6 Å². The molecule has 0 spiro atoms. The van der Waals surface area contributed by atoms with E-state index in [2.05, 4.69) is 19.9 Å². The summed E-state index contributed by atoms with van der Waals surface area (Å²) in [6.07, 6.45) is 4.58. The van der Waals surface area contributed by atoms with Gasteiger partial charge < -0.3 is 15.8 Å². The molecule has 3 N–H and O–H groups in total. The lowest BCUT2D eigenvalue weighted by atomic mass is 10.1. The zero-order chi connectivity index (χ0) is 14.8. The molecule has 1 aliphatic heterocycles. The topological polar surface area (TPSA) is 78.0 Å². The number of anilines is 1. The molecule has 0 amide bonds. The monoisotopic (exact) mass is 289 g/mol. The Balaban J connectivity index is 1.74. The summed E-state index contributed by atoms with van der Waals surface area (Å²) in [5.74, 6) is 1.90. The number of aryl methyl sites for hydroxylation is 1. The molecule has 2 heterocycles. The molecule has 0 aromatic carbocycles. The van der Waals surface area contributed by atoms with Crippen LogP contribution in [0.3, 0.4) is 0 Å². The van der Waals surface area contributed by atoms with Crippen molar-refractivity contribution in [3.63, 3.8) is 0 Å². The maximum absolute atomic E-state index is 8.99. The predicted molar refractivity (Wildman–Crippen MR) is 82.9 cm³/mol. The van der Waals surface area contributed by atoms with Crippen LogP contribution in [-0.4, -0.2) is 53.7 Å². The zero-order valence-corrected chi connectivity index (χ0v) is 12.5. The van der Waals surface area contributed by atoms with E-state index in [1.165, 1.54) is 19.4 Å². The molecule has 1 aromatic rings. The molecular formula is C15H23N5O. The summed E-state index contributed by atoms with van der Waals surface area (Å²) >= 11 is 0. The van der Waals surface area contributed by atoms with Crippen molar-refractivity contribution in [3.8, 4) is 0 Å². The van der Waals surface area contributed by atoms with Gasteiger partial charge in [0.1, 0.15) is 5.82 Å². The van der Waals surface area contributed by atoms with Crippen molar-refractivity contribution >= 4 is 11.7 Å². The molecule has 1 aliphatic carbocycles. The number of amidine groups is 1. The summed E-state index contributed by atoms with van der Waals surface area (Å²) in [6.45, 7) is 7.19. The van der Waals surface area contributed by atoms with Crippen LogP contribution in [0.25, 0.3) is 0 Å². The number of oxime groups is 1. The van der Waals surface area contributed by atoms with Gasteiger partial charge in [0.25, 0.3) is 0 Å². The zero-order valence-electron chi connectivity index (χ0n) is 12.5. The Kier molecular flexibility index (Phi) is 3.96. The van der Waals surface area contributed by atoms with Gasteiger partial charge >= 0.3 is 0 Å². The molecule has 0 bridgehead atoms. The number of nitrogens with zero attached hydrogens (tertiary/aromatic N) is 4. The van der Waals surface area contributed by atoms with Gasteiger partial charge in [-0.05, 0) is 37.3 Å². The first-order valence-corrected chi connectivity index (χ1v) is 7.60. The summed E-state index contributed by atoms with van der Waals surface area (Å²) in [7, 11) is 0. The molecule has 114 valence electrons. The molecule has 0 atom stereocenters. The Bertz CT molecular complexity index is 533. The molecular weight excluding hydrogens is 266 g/mol. The maximum atomic E-state index is 8.99. The fourth-order valence-corrected chi connectivity index (χ4v) is 2.96. The van der Waals surface area contributed by atoms with E-state index in [1.807, 2.05) is 13.0 Å². The molecule has 1 aromatic heterocycles. The van der Waals surface area contributed by atoms with Crippen LogP contribution >= 0.6 is 0 Å². The minimum absolute atomic E-state index is 0.135. The molecule has 0 radical (unpaired) electrons. The van der Waals surface area contributed by atoms with E-state index in [0.717, 1.165) is 49.0 Å². The Morgan fingerprint density at radius 1 is 1.38 bits per heavy atom. The molecule has 1 saturated heterocycles. The minimum Gasteiger partial charge on any atom is -0.409 e. The van der Waals surface area contributed by atoms with E-state index >= 15 is 0 Å². The fourth-order valence-electron chi connectivity index (χ4n) is 2.96. The van der Waals surface area contributed by atoms with Gasteiger partial charge in [-0.1, -0.05) is 5.16 Å². The number of rotatable bonds is 4. The summed E-state index contributed by atoms with van der Waals surface area (Å²) in [4.78, 5) is 9.24. The van der Waals surface area contributed by atoms with Crippen LogP contribution in [0.1, 0.15) is 24.0 Å². The molecule has 0 unspecified atom stereocenters. The Labute approximate surface area is 125 Å². The summed E-state index contributed by atoms with van der Waals surface area (Å²) in [5.41, 5.74) is 7.56. The maximum Gasteiger partial charge on any atom is 0.174 e. The number of hydrogen-bond donors (Lipinski definition) is 2. The van der Waals surface area contributed by atoms with E-state index in [0.29, 0.717) is 0 Å². The number of nitrogens with two attached hydrogens (primary N) is 1. The second-order valence-corrected chi connectivity index (χ2v) is 6.04. The fraction of sp³-hybridized carbons (Fsp3) is 0.600. The average Bonchev–Trinajstić information content (AvgIpc) is 3.31. The molecule has 21 heavy (non-hydrogen) atoms. The standard InChI is InChI=1S/C15H23N5O/c1-11-4-5-17-15(13(11)14(16)18-21)20-8-6-19(7-9-20)10-12-2-3-12/h4-5,12,21H,2-3,6-10H2,1H3,(H2,16,18). The minimum atomic E-state index is 0.135. The molecule has 2 fully saturated rings. The number of hydrogen-bond acceptors (Lipinski definition) is 5. The summed E-state index contributed by atoms with van der Waals surface area (Å²) in [6, 6.07) is 1.89. The molecule has 2 aliphatic rings. The van der Waals surface area contributed by atoms with Crippen LogP contribution in [-0.2, 0) is 0 Å². The van der Waals surface area contributed by atoms with Gasteiger partial charge in [-0.2, -0.15) is 0 Å². The van der Waals surface area contributed by atoms with Gasteiger partial charge in [0.2, 0.25) is 0 Å². The van der Waals surface area contributed by atoms with Gasteiger partial charge in [-0.15, -0.1) is 0 Å². The normalized spacial score (nSPS) is 20.8. The number of piperazine rings is 1. The first kappa shape index (κ1) is 14.1. The third-order valence-electron chi connectivity index (χ3n) is 4.39. The van der Waals surface area contributed by atoms with Gasteiger partial charge in [-0.25, -0.2) is 4.98 Å². The van der Waals surface area contributed by atoms with E-state index in [4.69, 9.17) is 10.9 Å². The van der Waals surface area contributed by atoms with Crippen molar-refractivity contribution < 1.29 is 5.21 Å². The van der Waals surface area contributed by atoms with E-state index < -0.39 is 0 Å². The van der Waals surface area contributed by atoms with Gasteiger partial charge in [-0.3, -0.25) is 4.90 Å². The molecule has 1 saturated carbocycles. The van der Waals surface area contributed by atoms with E-state index in [9.17, 15) is 0 Å². The third-order valence-corrected chi connectivity index (χ3v) is 4.39. The summed E-state index contributed by atoms with van der Waals surface area (Å²) in [5, 5.41) is 12.1. The van der Waals surface area contributed by atoms with E-state index in [-0.39, 0.29) is 5.84 Å². The van der Waals surface area contributed by atoms with Gasteiger partial charge in [0.05, 0.1) is 5.56 Å². The quantitative estimate of drug-likeness (QED) is 0.374. The lowest BCUT2D eigenvalue weighted by molar-refractivity contribution is 0.247. The highest BCUT2D eigenvalue weighted by molar-refractivity contribution is 6.02. The highest BCUT2D eigenvalue weighted by Gasteiger charge is 2.27.